The minimum absolute atomic E-state index is 0. The van der Waals surface area contributed by atoms with Crippen molar-refractivity contribution in [3.8, 4) is 0 Å². The van der Waals surface area contributed by atoms with Gasteiger partial charge in [0.05, 0.1) is 19.3 Å². The zero-order valence-electron chi connectivity index (χ0n) is 17.6. The Bertz CT molecular complexity index is 647. The third kappa shape index (κ3) is 11.1. The van der Waals surface area contributed by atoms with E-state index in [1.165, 1.54) is 7.11 Å². The summed E-state index contributed by atoms with van der Waals surface area (Å²) in [5.41, 5.74) is 1.10. The number of carbonyl (C=O) groups is 2. The van der Waals surface area contributed by atoms with E-state index in [-0.39, 0.29) is 55.9 Å². The SMILES string of the molecule is COC(=O)CCCSCCN1C(=O)CCC[C@@H]1C=CC(O)Cc1ccccc1.[BH4-].[Na+]. The van der Waals surface area contributed by atoms with Crippen LogP contribution < -0.4 is 29.6 Å². The van der Waals surface area contributed by atoms with E-state index in [2.05, 4.69) is 4.74 Å². The normalized spacial score (nSPS) is 17.2. The predicted molar refractivity (Wildman–Crippen MR) is 125 cm³/mol. The van der Waals surface area contributed by atoms with Crippen LogP contribution in [0.15, 0.2) is 42.5 Å². The number of aliphatic hydroxyl groups is 1. The van der Waals surface area contributed by atoms with Crippen LogP contribution in [0.4, 0.5) is 0 Å². The molecule has 0 bridgehead atoms. The number of esters is 1. The number of likely N-dealkylation sites (tertiary alicyclic amines) is 1. The Kier molecular flexibility index (Phi) is 16.5. The summed E-state index contributed by atoms with van der Waals surface area (Å²) in [7, 11) is 1.40. The molecule has 1 aliphatic rings. The Labute approximate surface area is 208 Å². The fourth-order valence-electron chi connectivity index (χ4n) is 3.30. The number of nitrogens with zero attached hydrogens (tertiary/aromatic N) is 1. The average molecular weight is 443 g/mol. The van der Waals surface area contributed by atoms with E-state index in [0.717, 1.165) is 36.3 Å². The van der Waals surface area contributed by atoms with Crippen molar-refractivity contribution >= 4 is 32.1 Å². The third-order valence-electron chi connectivity index (χ3n) is 4.83. The molecule has 1 saturated heterocycles. The standard InChI is InChI=1S/C22H31NO4S.BH4.Na/c1-27-22(26)11-6-15-28-16-14-23-19(9-5-10-21(23)25)12-13-20(24)17-18-7-3-2-4-8-18;;/h2-4,7-8,12-13,19-20,24H,5-6,9-11,14-17H2,1H3;1H4;/q;-1;+1/t19-,20?;;/m1../s1. The molecule has 30 heavy (non-hydrogen) atoms. The van der Waals surface area contributed by atoms with E-state index < -0.39 is 6.10 Å². The van der Waals surface area contributed by atoms with E-state index >= 15 is 0 Å². The zero-order valence-corrected chi connectivity index (χ0v) is 20.4. The first kappa shape index (κ1) is 29.3. The number of piperidine rings is 1. The van der Waals surface area contributed by atoms with Gasteiger partial charge in [0.2, 0.25) is 5.91 Å². The minimum atomic E-state index is -0.547. The molecule has 2 atom stereocenters. The summed E-state index contributed by atoms with van der Waals surface area (Å²) in [6.45, 7) is 0.700. The van der Waals surface area contributed by atoms with Crippen molar-refractivity contribution in [3.63, 3.8) is 0 Å². The molecule has 1 aliphatic heterocycles. The number of amides is 1. The topological polar surface area (TPSA) is 66.8 Å². The smallest absolute Gasteiger partial charge is 0.469 e. The minimum Gasteiger partial charge on any atom is -0.469 e. The van der Waals surface area contributed by atoms with Gasteiger partial charge in [-0.25, -0.2) is 0 Å². The van der Waals surface area contributed by atoms with Crippen molar-refractivity contribution < 1.29 is 49.0 Å². The number of rotatable bonds is 11. The first-order valence-corrected chi connectivity index (χ1v) is 11.1. The maximum Gasteiger partial charge on any atom is 1.00 e. The molecule has 1 heterocycles. The largest absolute Gasteiger partial charge is 1.00 e. The van der Waals surface area contributed by atoms with E-state index in [9.17, 15) is 14.7 Å². The van der Waals surface area contributed by atoms with Gasteiger partial charge in [-0.3, -0.25) is 9.59 Å². The van der Waals surface area contributed by atoms with Crippen molar-refractivity contribution in [2.24, 2.45) is 0 Å². The Balaban J connectivity index is 0.00000420. The summed E-state index contributed by atoms with van der Waals surface area (Å²) in [6.07, 6.45) is 7.52. The number of thioether (sulfide) groups is 1. The average Bonchev–Trinajstić information content (AvgIpc) is 2.70. The molecule has 0 aromatic heterocycles. The molecule has 5 nitrogen and oxygen atoms in total. The van der Waals surface area contributed by atoms with E-state index in [1.807, 2.05) is 47.4 Å². The van der Waals surface area contributed by atoms with E-state index in [0.29, 0.717) is 25.8 Å². The molecule has 1 unspecified atom stereocenters. The van der Waals surface area contributed by atoms with Crippen LogP contribution in [0, 0.1) is 0 Å². The third-order valence-corrected chi connectivity index (χ3v) is 5.88. The Morgan fingerprint density at radius 1 is 1.33 bits per heavy atom. The van der Waals surface area contributed by atoms with Crippen molar-refractivity contribution in [1.29, 1.82) is 0 Å². The molecule has 0 aliphatic carbocycles. The molecule has 162 valence electrons. The zero-order chi connectivity index (χ0) is 20.2. The molecule has 0 saturated carbocycles. The fraction of sp³-hybridized carbons (Fsp3) is 0.545. The summed E-state index contributed by atoms with van der Waals surface area (Å²) < 4.78 is 4.63. The van der Waals surface area contributed by atoms with Gasteiger partial charge in [-0.05, 0) is 30.6 Å². The van der Waals surface area contributed by atoms with Gasteiger partial charge in [-0.15, -0.1) is 0 Å². The van der Waals surface area contributed by atoms with Crippen molar-refractivity contribution in [2.75, 3.05) is 25.2 Å². The number of carbonyl (C=O) groups excluding carboxylic acids is 2. The molecular weight excluding hydrogens is 408 g/mol. The van der Waals surface area contributed by atoms with Crippen LogP contribution in [0.5, 0.6) is 0 Å². The van der Waals surface area contributed by atoms with Crippen LogP contribution in [0.3, 0.4) is 0 Å². The number of hydrogen-bond donors (Lipinski definition) is 1. The summed E-state index contributed by atoms with van der Waals surface area (Å²) in [5, 5.41) is 10.3. The fourth-order valence-corrected chi connectivity index (χ4v) is 4.18. The number of benzene rings is 1. The van der Waals surface area contributed by atoms with Crippen molar-refractivity contribution in [1.82, 2.24) is 4.90 Å². The summed E-state index contributed by atoms with van der Waals surface area (Å²) in [5.74, 6) is 1.75. The van der Waals surface area contributed by atoms with E-state index in [4.69, 9.17) is 0 Å². The molecule has 8 heteroatoms. The second-order valence-corrected chi connectivity index (χ2v) is 8.21. The molecule has 1 aromatic carbocycles. The summed E-state index contributed by atoms with van der Waals surface area (Å²) in [6, 6.07) is 9.97. The van der Waals surface area contributed by atoms with E-state index in [1.54, 1.807) is 11.8 Å². The van der Waals surface area contributed by atoms with Crippen LogP contribution in [-0.2, 0) is 20.7 Å². The molecule has 1 N–H and O–H groups in total. The Morgan fingerprint density at radius 2 is 2.07 bits per heavy atom. The van der Waals surface area contributed by atoms with Gasteiger partial charge in [-0.1, -0.05) is 50.9 Å². The van der Waals surface area contributed by atoms with Gasteiger partial charge in [-0.2, -0.15) is 11.8 Å². The number of hydrogen-bond acceptors (Lipinski definition) is 5. The van der Waals surface area contributed by atoms with Gasteiger partial charge < -0.3 is 14.7 Å². The Hall–Kier alpha value is -0.725. The summed E-state index contributed by atoms with van der Waals surface area (Å²) in [4.78, 5) is 25.4. The number of methoxy groups -OCH3 is 1. The second-order valence-electron chi connectivity index (χ2n) is 6.98. The number of aliphatic hydroxyl groups excluding tert-OH is 1. The van der Waals surface area contributed by atoms with Crippen LogP contribution in [-0.4, -0.2) is 67.6 Å². The van der Waals surface area contributed by atoms with Crippen molar-refractivity contribution in [2.45, 2.75) is 50.7 Å². The van der Waals surface area contributed by atoms with Gasteiger partial charge in [0.15, 0.2) is 0 Å². The first-order valence-electron chi connectivity index (χ1n) is 9.94. The van der Waals surface area contributed by atoms with Crippen molar-refractivity contribution in [3.05, 3.63) is 48.0 Å². The van der Waals surface area contributed by atoms with Crippen LogP contribution in [0.25, 0.3) is 0 Å². The quantitative estimate of drug-likeness (QED) is 0.201. The molecule has 1 amide bonds. The van der Waals surface area contributed by atoms with Gasteiger partial charge in [0.25, 0.3) is 0 Å². The first-order chi connectivity index (χ1) is 13.6. The monoisotopic (exact) mass is 443 g/mol. The maximum atomic E-state index is 12.3. The van der Waals surface area contributed by atoms with Crippen LogP contribution in [0.2, 0.25) is 0 Å². The van der Waals surface area contributed by atoms with Gasteiger partial charge in [0, 0.05) is 31.6 Å². The number of ether oxygens (including phenoxy) is 1. The van der Waals surface area contributed by atoms with Crippen LogP contribution in [0.1, 0.15) is 37.7 Å². The predicted octanol–water partition coefficient (Wildman–Crippen LogP) is -1.23. The molecule has 1 fully saturated rings. The molecule has 1 aromatic rings. The van der Waals surface area contributed by atoms with Crippen LogP contribution >= 0.6 is 11.8 Å². The molecular formula is C22H35BNNaO4S. The second kappa shape index (κ2) is 16.9. The molecule has 2 rings (SSSR count). The maximum absolute atomic E-state index is 12.3. The van der Waals surface area contributed by atoms with Gasteiger partial charge >= 0.3 is 35.5 Å². The summed E-state index contributed by atoms with van der Waals surface area (Å²) >= 11 is 1.75. The molecule has 0 spiro atoms. The van der Waals surface area contributed by atoms with Gasteiger partial charge in [0.1, 0.15) is 0 Å². The Morgan fingerprint density at radius 3 is 2.77 bits per heavy atom. The molecule has 0 radical (unpaired) electrons.